The minimum atomic E-state index is -2.96. The summed E-state index contributed by atoms with van der Waals surface area (Å²) in [5.41, 5.74) is 0.445. The van der Waals surface area contributed by atoms with Crippen LogP contribution in [-0.4, -0.2) is 24.5 Å². The van der Waals surface area contributed by atoms with Gasteiger partial charge in [-0.25, -0.2) is 0 Å². The topological polar surface area (TPSA) is 51.1 Å². The van der Waals surface area contributed by atoms with Gasteiger partial charge >= 0.3 is 6.61 Å². The molecule has 2 rings (SSSR count). The number of rotatable bonds is 10. The van der Waals surface area contributed by atoms with Crippen LogP contribution in [0.3, 0.4) is 0 Å². The van der Waals surface area contributed by atoms with Gasteiger partial charge in [0.1, 0.15) is 0 Å². The molecule has 26 heavy (non-hydrogen) atoms. The molecule has 1 atom stereocenters. The summed E-state index contributed by atoms with van der Waals surface area (Å²) < 4.78 is 35.2. The lowest BCUT2D eigenvalue weighted by Crippen LogP contribution is -2.07. The Morgan fingerprint density at radius 1 is 1.35 bits per heavy atom. The Hall–Kier alpha value is -1.63. The number of aliphatic imine (C=N–C) groups is 1. The first kappa shape index (κ1) is 20.7. The summed E-state index contributed by atoms with van der Waals surface area (Å²) in [7, 11) is 0. The molecule has 0 spiro atoms. The van der Waals surface area contributed by atoms with Gasteiger partial charge in [0.25, 0.3) is 0 Å². The van der Waals surface area contributed by atoms with Crippen molar-refractivity contribution >= 4 is 29.4 Å². The smallest absolute Gasteiger partial charge is 0.387 e. The zero-order valence-corrected chi connectivity index (χ0v) is 15.4. The molecule has 0 radical (unpaired) electrons. The highest BCUT2D eigenvalue weighted by molar-refractivity contribution is 6.45. The molecule has 0 heterocycles. The van der Waals surface area contributed by atoms with E-state index in [4.69, 9.17) is 27.9 Å². The van der Waals surface area contributed by atoms with E-state index in [1.807, 2.05) is 0 Å². The summed E-state index contributed by atoms with van der Waals surface area (Å²) in [6.45, 7) is 0.879. The van der Waals surface area contributed by atoms with Gasteiger partial charge in [0.05, 0.1) is 17.7 Å². The number of hydrogen-bond donors (Lipinski definition) is 1. The molecule has 1 saturated carbocycles. The van der Waals surface area contributed by atoms with Crippen LogP contribution in [0.4, 0.5) is 8.78 Å². The van der Waals surface area contributed by atoms with E-state index in [-0.39, 0.29) is 28.0 Å². The number of ether oxygens (including phenoxy) is 2. The van der Waals surface area contributed by atoms with Crippen molar-refractivity contribution in [1.29, 1.82) is 0 Å². The van der Waals surface area contributed by atoms with Crippen LogP contribution in [0.15, 0.2) is 46.0 Å². The molecule has 0 saturated heterocycles. The standard InChI is InChI=1S/C18H19Cl2F2NO3/c1-2-23-9-14(20)13(19)8-15(24)12-5-6-16(26-18(21)22)17(7-12)25-10-11-3-4-11/h2,5-7,9,11,15,18,24H,1,3-4,8,10H2/b14-13+,23-9-. The quantitative estimate of drug-likeness (QED) is 0.529. The van der Waals surface area contributed by atoms with E-state index in [0.29, 0.717) is 18.1 Å². The van der Waals surface area contributed by atoms with Crippen molar-refractivity contribution in [1.82, 2.24) is 0 Å². The van der Waals surface area contributed by atoms with Crippen LogP contribution in [0, 0.1) is 5.92 Å². The third kappa shape index (κ3) is 6.59. The zero-order valence-electron chi connectivity index (χ0n) is 13.9. The SMILES string of the molecule is C=C/N=C\C(Cl)=C(/Cl)CC(O)c1ccc(OC(F)F)c(OCC2CC2)c1. The van der Waals surface area contributed by atoms with Crippen LogP contribution >= 0.6 is 23.2 Å². The molecular weight excluding hydrogens is 387 g/mol. The third-order valence-electron chi connectivity index (χ3n) is 3.67. The van der Waals surface area contributed by atoms with Crippen molar-refractivity contribution in [2.45, 2.75) is 32.0 Å². The predicted molar refractivity (Wildman–Crippen MR) is 98.3 cm³/mol. The lowest BCUT2D eigenvalue weighted by molar-refractivity contribution is -0.0515. The van der Waals surface area contributed by atoms with Crippen molar-refractivity contribution in [3.05, 3.63) is 46.6 Å². The van der Waals surface area contributed by atoms with E-state index in [9.17, 15) is 13.9 Å². The van der Waals surface area contributed by atoms with Gasteiger partial charge in [0.15, 0.2) is 11.5 Å². The third-order valence-corrected chi connectivity index (χ3v) is 4.45. The van der Waals surface area contributed by atoms with Gasteiger partial charge in [-0.05, 0) is 36.5 Å². The maximum atomic E-state index is 12.5. The fourth-order valence-electron chi connectivity index (χ4n) is 2.10. The highest BCUT2D eigenvalue weighted by Crippen LogP contribution is 2.36. The molecule has 142 valence electrons. The highest BCUT2D eigenvalue weighted by atomic mass is 35.5. The Morgan fingerprint density at radius 2 is 2.08 bits per heavy atom. The Kier molecular flexibility index (Phi) is 7.87. The number of aliphatic hydroxyl groups is 1. The number of halogens is 4. The van der Waals surface area contributed by atoms with E-state index < -0.39 is 12.7 Å². The summed E-state index contributed by atoms with van der Waals surface area (Å²) in [4.78, 5) is 3.75. The molecular formula is C18H19Cl2F2NO3. The van der Waals surface area contributed by atoms with Gasteiger partial charge in [0.2, 0.25) is 0 Å². The number of hydrogen-bond acceptors (Lipinski definition) is 4. The van der Waals surface area contributed by atoms with Crippen molar-refractivity contribution in [3.8, 4) is 11.5 Å². The fourth-order valence-corrected chi connectivity index (χ4v) is 2.43. The summed E-state index contributed by atoms with van der Waals surface area (Å²) in [6.07, 6.45) is 3.75. The number of aliphatic hydroxyl groups excluding tert-OH is 1. The predicted octanol–water partition coefficient (Wildman–Crippen LogP) is 5.40. The van der Waals surface area contributed by atoms with Crippen molar-refractivity contribution in [2.24, 2.45) is 10.9 Å². The van der Waals surface area contributed by atoms with Crippen molar-refractivity contribution < 1.29 is 23.4 Å². The van der Waals surface area contributed by atoms with Crippen LogP contribution in [0.1, 0.15) is 30.9 Å². The summed E-state index contributed by atoms with van der Waals surface area (Å²) in [5, 5.41) is 10.7. The van der Waals surface area contributed by atoms with Gasteiger partial charge < -0.3 is 14.6 Å². The molecule has 1 aliphatic carbocycles. The van der Waals surface area contributed by atoms with Crippen LogP contribution < -0.4 is 9.47 Å². The Morgan fingerprint density at radius 3 is 2.69 bits per heavy atom. The Bertz CT molecular complexity index is 691. The fraction of sp³-hybridized carbons (Fsp3) is 0.389. The van der Waals surface area contributed by atoms with E-state index in [2.05, 4.69) is 16.3 Å². The maximum absolute atomic E-state index is 12.5. The first-order chi connectivity index (χ1) is 12.4. The lowest BCUT2D eigenvalue weighted by atomic mass is 10.1. The van der Waals surface area contributed by atoms with Crippen LogP contribution in [0.5, 0.6) is 11.5 Å². The average Bonchev–Trinajstić information content (AvgIpc) is 3.42. The molecule has 0 aromatic heterocycles. The molecule has 1 aromatic carbocycles. The first-order valence-electron chi connectivity index (χ1n) is 7.98. The van der Waals surface area contributed by atoms with Gasteiger partial charge in [-0.3, -0.25) is 4.99 Å². The zero-order chi connectivity index (χ0) is 19.1. The van der Waals surface area contributed by atoms with Gasteiger partial charge in [-0.2, -0.15) is 8.78 Å². The molecule has 0 aliphatic heterocycles. The minimum absolute atomic E-state index is 0.0284. The van der Waals surface area contributed by atoms with Crippen molar-refractivity contribution in [2.75, 3.05) is 6.61 Å². The number of nitrogens with zero attached hydrogens (tertiary/aromatic N) is 1. The van der Waals surface area contributed by atoms with Crippen LogP contribution in [0.25, 0.3) is 0 Å². The Balaban J connectivity index is 2.14. The number of allylic oxidation sites excluding steroid dienone is 1. The number of benzene rings is 1. The molecule has 1 aromatic rings. The van der Waals surface area contributed by atoms with E-state index in [0.717, 1.165) is 12.8 Å². The second-order valence-corrected chi connectivity index (χ2v) is 6.64. The normalized spacial score (nSPS) is 16.5. The maximum Gasteiger partial charge on any atom is 0.387 e. The second-order valence-electron chi connectivity index (χ2n) is 5.77. The van der Waals surface area contributed by atoms with Gasteiger partial charge in [-0.15, -0.1) is 0 Å². The lowest BCUT2D eigenvalue weighted by Gasteiger charge is -2.16. The summed E-state index contributed by atoms with van der Waals surface area (Å²) in [5.74, 6) is 0.519. The summed E-state index contributed by atoms with van der Waals surface area (Å²) in [6, 6.07) is 4.29. The molecule has 8 heteroatoms. The summed E-state index contributed by atoms with van der Waals surface area (Å²) >= 11 is 12.0. The van der Waals surface area contributed by atoms with E-state index in [1.54, 1.807) is 0 Å². The van der Waals surface area contributed by atoms with Crippen LogP contribution in [0.2, 0.25) is 0 Å². The molecule has 1 N–H and O–H groups in total. The molecule has 1 aliphatic rings. The molecule has 1 unspecified atom stereocenters. The molecule has 0 amide bonds. The minimum Gasteiger partial charge on any atom is -0.489 e. The first-order valence-corrected chi connectivity index (χ1v) is 8.74. The molecule has 0 bridgehead atoms. The van der Waals surface area contributed by atoms with Crippen molar-refractivity contribution in [3.63, 3.8) is 0 Å². The number of alkyl halides is 2. The second kappa shape index (κ2) is 9.90. The van der Waals surface area contributed by atoms with E-state index in [1.165, 1.54) is 30.6 Å². The highest BCUT2D eigenvalue weighted by Gasteiger charge is 2.23. The largest absolute Gasteiger partial charge is 0.489 e. The average molecular weight is 406 g/mol. The Labute approximate surface area is 160 Å². The monoisotopic (exact) mass is 405 g/mol. The molecule has 1 fully saturated rings. The van der Waals surface area contributed by atoms with Gasteiger partial charge in [0, 0.05) is 23.9 Å². The molecule has 4 nitrogen and oxygen atoms in total. The van der Waals surface area contributed by atoms with Gasteiger partial charge in [-0.1, -0.05) is 35.8 Å². The van der Waals surface area contributed by atoms with Crippen LogP contribution in [-0.2, 0) is 0 Å². The van der Waals surface area contributed by atoms with E-state index >= 15 is 0 Å².